The number of rotatable bonds is 2. The highest BCUT2D eigenvalue weighted by Crippen LogP contribution is 2.08. The zero-order valence-electron chi connectivity index (χ0n) is 3.50. The highest BCUT2D eigenvalue weighted by Gasteiger charge is 2.03. The van der Waals surface area contributed by atoms with E-state index in [9.17, 15) is 6.14 Å². The Morgan fingerprint density at radius 1 is 1.71 bits per heavy atom. The van der Waals surface area contributed by atoms with Gasteiger partial charge in [-0.15, -0.1) is 0 Å². The number of hydrogen-bond donors (Lipinski definition) is 2. The second kappa shape index (κ2) is 3.28. The number of hydrogen-bond acceptors (Lipinski definition) is 4. The average Bonchev–Trinajstić information content (AvgIpc) is 1.65. The van der Waals surface area contributed by atoms with Crippen molar-refractivity contribution in [1.29, 1.82) is 0 Å². The number of nitrogens with two attached hydrogens (primary N) is 1. The van der Waals surface area contributed by atoms with Gasteiger partial charge >= 0.3 is 19.8 Å². The van der Waals surface area contributed by atoms with Crippen molar-refractivity contribution in [3.63, 3.8) is 0 Å². The van der Waals surface area contributed by atoms with E-state index in [1.165, 1.54) is 0 Å². The van der Waals surface area contributed by atoms with Gasteiger partial charge in [-0.25, -0.2) is 6.14 Å². The Kier molecular flexibility index (Phi) is 3.39. The first-order chi connectivity index (χ1) is 3.18. The van der Waals surface area contributed by atoms with Crippen LogP contribution in [0.1, 0.15) is 0 Å². The number of halogens is 1. The van der Waals surface area contributed by atoms with E-state index in [1.54, 1.807) is 0 Å². The third kappa shape index (κ3) is 2.89. The van der Waals surface area contributed by atoms with Gasteiger partial charge in [0.25, 0.3) is 0 Å². The van der Waals surface area contributed by atoms with Gasteiger partial charge in [0, 0.05) is 6.54 Å². The average molecular weight is 219 g/mol. The van der Waals surface area contributed by atoms with Crippen LogP contribution in [-0.4, -0.2) is 15.8 Å². The van der Waals surface area contributed by atoms with Gasteiger partial charge in [0.15, 0.2) is 4.11 Å². The number of aliphatic hydroxyl groups excluding tert-OH is 1. The molecule has 0 saturated heterocycles. The fourth-order valence-corrected chi connectivity index (χ4v) is 0.488. The normalized spacial score (nSPS) is 14.7. The summed E-state index contributed by atoms with van der Waals surface area (Å²) < 4.78 is 18.2. The molecule has 44 valence electrons. The zero-order chi connectivity index (χ0) is 5.86. The van der Waals surface area contributed by atoms with Crippen LogP contribution in [0.2, 0.25) is 0 Å². The molecule has 0 aromatic rings. The van der Waals surface area contributed by atoms with Crippen molar-refractivity contribution in [2.75, 3.05) is 6.54 Å². The maximum Gasteiger partial charge on any atom is 0.338 e. The lowest BCUT2D eigenvalue weighted by atomic mass is 10.8. The standard InChI is InChI=1S/C2H6INO3/c4-1-2(5)3(6)7/h2,5H,1,4H2. The SMILES string of the molecule is NCC(O)I(=O)=O. The first kappa shape index (κ1) is 7.25. The Morgan fingerprint density at radius 2 is 2.14 bits per heavy atom. The predicted molar refractivity (Wildman–Crippen MR) is 30.5 cm³/mol. The molecule has 0 aliphatic rings. The monoisotopic (exact) mass is 219 g/mol. The van der Waals surface area contributed by atoms with Gasteiger partial charge in [0.1, 0.15) is 0 Å². The molecule has 0 amide bonds. The van der Waals surface area contributed by atoms with Crippen molar-refractivity contribution in [2.24, 2.45) is 5.73 Å². The molecule has 0 fully saturated rings. The van der Waals surface area contributed by atoms with E-state index >= 15 is 0 Å². The summed E-state index contributed by atoms with van der Waals surface area (Å²) in [5.41, 5.74) is 4.76. The molecule has 5 heteroatoms. The van der Waals surface area contributed by atoms with E-state index in [0.717, 1.165) is 0 Å². The van der Waals surface area contributed by atoms with Gasteiger partial charge in [-0.05, 0) is 0 Å². The zero-order valence-corrected chi connectivity index (χ0v) is 5.66. The summed E-state index contributed by atoms with van der Waals surface area (Å²) in [6, 6.07) is 0. The number of aliphatic hydroxyl groups is 1. The van der Waals surface area contributed by atoms with Crippen LogP contribution in [0.25, 0.3) is 0 Å². The minimum absolute atomic E-state index is 0.183. The van der Waals surface area contributed by atoms with E-state index in [1.807, 2.05) is 0 Å². The summed E-state index contributed by atoms with van der Waals surface area (Å²) in [5.74, 6) is 0. The van der Waals surface area contributed by atoms with Crippen molar-refractivity contribution in [1.82, 2.24) is 0 Å². The molecule has 0 aromatic carbocycles. The molecule has 7 heavy (non-hydrogen) atoms. The summed E-state index contributed by atoms with van der Waals surface area (Å²) in [5, 5.41) is 8.25. The molecule has 0 spiro atoms. The predicted octanol–water partition coefficient (Wildman–Crippen LogP) is -0.539. The molecular formula is C2H6INO3. The molecule has 4 nitrogen and oxygen atoms in total. The van der Waals surface area contributed by atoms with Crippen LogP contribution in [-0.2, 0) is 6.14 Å². The van der Waals surface area contributed by atoms with E-state index < -0.39 is 23.9 Å². The molecule has 1 unspecified atom stereocenters. The van der Waals surface area contributed by atoms with Crippen LogP contribution in [0, 0.1) is 0 Å². The van der Waals surface area contributed by atoms with E-state index in [-0.39, 0.29) is 6.54 Å². The van der Waals surface area contributed by atoms with Crippen LogP contribution >= 0.6 is 19.8 Å². The third-order valence-electron chi connectivity index (χ3n) is 0.400. The molecule has 0 aliphatic heterocycles. The summed E-state index contributed by atoms with van der Waals surface area (Å²) in [7, 11) is 0. The Bertz CT molecular complexity index is 102. The quantitative estimate of drug-likeness (QED) is 0.482. The second-order valence-electron chi connectivity index (χ2n) is 0.911. The Hall–Kier alpha value is 0.250. The molecule has 3 N–H and O–H groups in total. The lowest BCUT2D eigenvalue weighted by Gasteiger charge is -1.88. The van der Waals surface area contributed by atoms with E-state index in [0.29, 0.717) is 0 Å². The molecule has 0 saturated carbocycles. The fraction of sp³-hybridized carbons (Fsp3) is 1.00. The Balaban J connectivity index is 3.57. The lowest BCUT2D eigenvalue weighted by molar-refractivity contribution is 0.283. The van der Waals surface area contributed by atoms with E-state index in [2.05, 4.69) is 0 Å². The maximum absolute atomic E-state index is 9.73. The Morgan fingerprint density at radius 3 is 2.14 bits per heavy atom. The topological polar surface area (TPSA) is 80.4 Å². The van der Waals surface area contributed by atoms with Crippen LogP contribution in [0.4, 0.5) is 0 Å². The van der Waals surface area contributed by atoms with Crippen LogP contribution in [0.5, 0.6) is 0 Å². The molecule has 0 bridgehead atoms. The van der Waals surface area contributed by atoms with Crippen molar-refractivity contribution in [3.8, 4) is 0 Å². The molecule has 1 atom stereocenters. The maximum atomic E-state index is 9.73. The largest absolute Gasteiger partial charge is 0.376 e. The van der Waals surface area contributed by atoms with Crippen molar-refractivity contribution in [3.05, 3.63) is 0 Å². The van der Waals surface area contributed by atoms with Crippen molar-refractivity contribution in [2.45, 2.75) is 4.11 Å². The van der Waals surface area contributed by atoms with Crippen LogP contribution in [0.3, 0.4) is 0 Å². The molecule has 0 rings (SSSR count). The summed E-state index contributed by atoms with van der Waals surface area (Å²) in [6.45, 7) is -0.183. The van der Waals surface area contributed by atoms with Crippen molar-refractivity contribution >= 4 is 19.8 Å². The Labute approximate surface area is 47.8 Å². The van der Waals surface area contributed by atoms with Gasteiger partial charge in [-0.1, -0.05) is 0 Å². The van der Waals surface area contributed by atoms with Crippen LogP contribution in [0.15, 0.2) is 0 Å². The first-order valence-electron chi connectivity index (χ1n) is 1.60. The first-order valence-corrected chi connectivity index (χ1v) is 4.61. The lowest BCUT2D eigenvalue weighted by Crippen LogP contribution is -2.13. The minimum Gasteiger partial charge on any atom is -0.376 e. The van der Waals surface area contributed by atoms with Crippen LogP contribution < -0.4 is 5.73 Å². The van der Waals surface area contributed by atoms with Gasteiger partial charge in [-0.2, -0.15) is 0 Å². The highest BCUT2D eigenvalue weighted by atomic mass is 127. The molecule has 0 heterocycles. The number of alkyl halides is 1. The smallest absolute Gasteiger partial charge is 0.338 e. The van der Waals surface area contributed by atoms with Gasteiger partial charge in [-0.3, -0.25) is 0 Å². The molecule has 0 aromatic heterocycles. The third-order valence-corrected chi connectivity index (χ3v) is 2.08. The summed E-state index contributed by atoms with van der Waals surface area (Å²) in [6.07, 6.45) is 0. The van der Waals surface area contributed by atoms with Crippen molar-refractivity contribution < 1.29 is 11.2 Å². The highest BCUT2D eigenvalue weighted by molar-refractivity contribution is 14.2. The molecular weight excluding hydrogens is 213 g/mol. The van der Waals surface area contributed by atoms with Gasteiger partial charge in [0.2, 0.25) is 0 Å². The fourth-order valence-electron chi connectivity index (χ4n) is 0.0727. The van der Waals surface area contributed by atoms with E-state index in [4.69, 9.17) is 10.8 Å². The van der Waals surface area contributed by atoms with Gasteiger partial charge in [0.05, 0.1) is 0 Å². The minimum atomic E-state index is -3.48. The molecule has 0 aliphatic carbocycles. The summed E-state index contributed by atoms with van der Waals surface area (Å²) in [4.78, 5) is 0. The summed E-state index contributed by atoms with van der Waals surface area (Å²) >= 11 is -3.48. The van der Waals surface area contributed by atoms with Gasteiger partial charge < -0.3 is 10.8 Å². The molecule has 0 radical (unpaired) electrons. The second-order valence-corrected chi connectivity index (χ2v) is 3.73.